The van der Waals surface area contributed by atoms with Gasteiger partial charge in [-0.3, -0.25) is 4.79 Å². The summed E-state index contributed by atoms with van der Waals surface area (Å²) in [6.07, 6.45) is 6.58. The molecule has 1 aliphatic heterocycles. The van der Waals surface area contributed by atoms with Crippen LogP contribution in [0, 0.1) is 0 Å². The number of hydrogen-bond acceptors (Lipinski definition) is 5. The first-order valence-electron chi connectivity index (χ1n) is 17.3. The molecule has 5 rings (SSSR count). The molecule has 9 heteroatoms. The van der Waals surface area contributed by atoms with Gasteiger partial charge in [-0.15, -0.1) is 0 Å². The summed E-state index contributed by atoms with van der Waals surface area (Å²) in [7, 11) is 0. The number of halogens is 3. The molecule has 0 unspecified atom stereocenters. The molecule has 1 fully saturated rings. The Kier molecular flexibility index (Phi) is 11.8. The Morgan fingerprint density at radius 3 is 2.42 bits per heavy atom. The van der Waals surface area contributed by atoms with Crippen molar-refractivity contribution in [2.45, 2.75) is 96.8 Å². The number of benzene rings is 3. The summed E-state index contributed by atoms with van der Waals surface area (Å²) >= 11 is 0. The molecule has 1 atom stereocenters. The van der Waals surface area contributed by atoms with Gasteiger partial charge in [0.25, 0.3) is 5.91 Å². The topological polar surface area (TPSA) is 74.7 Å². The van der Waals surface area contributed by atoms with E-state index >= 15 is 0 Å². The van der Waals surface area contributed by atoms with Gasteiger partial charge in [-0.05, 0) is 84.8 Å². The number of nitrogens with one attached hydrogen (secondary N) is 1. The fourth-order valence-corrected chi connectivity index (χ4v) is 6.42. The number of rotatable bonds is 15. The van der Waals surface area contributed by atoms with E-state index in [-0.39, 0.29) is 24.2 Å². The van der Waals surface area contributed by atoms with Crippen LogP contribution in [0.25, 0.3) is 22.0 Å². The monoisotopic (exact) mass is 661 g/mol. The average molecular weight is 662 g/mol. The number of likely N-dealkylation sites (tertiary alicyclic amines) is 1. The fourth-order valence-electron chi connectivity index (χ4n) is 6.42. The van der Waals surface area contributed by atoms with E-state index in [1.165, 1.54) is 44.2 Å². The van der Waals surface area contributed by atoms with Gasteiger partial charge in [0.15, 0.2) is 11.5 Å². The molecule has 0 bridgehead atoms. The van der Waals surface area contributed by atoms with Crippen LogP contribution in [0.15, 0.2) is 66.7 Å². The lowest BCUT2D eigenvalue weighted by atomic mass is 9.99. The van der Waals surface area contributed by atoms with Crippen LogP contribution in [-0.4, -0.2) is 40.1 Å². The van der Waals surface area contributed by atoms with Crippen molar-refractivity contribution in [1.82, 2.24) is 9.88 Å². The van der Waals surface area contributed by atoms with E-state index in [2.05, 4.69) is 12.2 Å². The molecule has 1 aromatic heterocycles. The van der Waals surface area contributed by atoms with Crippen molar-refractivity contribution in [3.05, 3.63) is 83.4 Å². The van der Waals surface area contributed by atoms with Crippen molar-refractivity contribution in [2.75, 3.05) is 18.5 Å². The van der Waals surface area contributed by atoms with E-state index in [9.17, 15) is 23.1 Å². The summed E-state index contributed by atoms with van der Waals surface area (Å²) in [5, 5.41) is 14.3. The van der Waals surface area contributed by atoms with Crippen LogP contribution < -0.4 is 10.1 Å². The number of anilines is 1. The second-order valence-electron chi connectivity index (χ2n) is 12.7. The van der Waals surface area contributed by atoms with Gasteiger partial charge in [-0.25, -0.2) is 4.98 Å². The van der Waals surface area contributed by atoms with Gasteiger partial charge in [0.2, 0.25) is 0 Å². The molecule has 2 N–H and O–H groups in total. The van der Waals surface area contributed by atoms with Gasteiger partial charge in [-0.1, -0.05) is 76.6 Å². The maximum Gasteiger partial charge on any atom is 0.416 e. The van der Waals surface area contributed by atoms with Gasteiger partial charge in [0.05, 0.1) is 23.3 Å². The van der Waals surface area contributed by atoms with Gasteiger partial charge in [-0.2, -0.15) is 13.2 Å². The molecule has 1 amide bonds. The van der Waals surface area contributed by atoms with Gasteiger partial charge in [0.1, 0.15) is 5.82 Å². The zero-order valence-electron chi connectivity index (χ0n) is 27.9. The first kappa shape index (κ1) is 35.0. The van der Waals surface area contributed by atoms with E-state index in [1.807, 2.05) is 36.1 Å². The molecule has 48 heavy (non-hydrogen) atoms. The number of fused-ring (bicyclic) bond motifs is 1. The van der Waals surface area contributed by atoms with Gasteiger partial charge < -0.3 is 20.1 Å². The Labute approximate surface area is 281 Å². The normalized spacial score (nSPS) is 14.9. The van der Waals surface area contributed by atoms with Crippen LogP contribution in [0.1, 0.15) is 99.5 Å². The first-order chi connectivity index (χ1) is 23.2. The van der Waals surface area contributed by atoms with Gasteiger partial charge >= 0.3 is 6.18 Å². The highest BCUT2D eigenvalue weighted by atomic mass is 19.4. The predicted octanol–water partition coefficient (Wildman–Crippen LogP) is 10.4. The highest BCUT2D eigenvalue weighted by molar-refractivity contribution is 6.08. The summed E-state index contributed by atoms with van der Waals surface area (Å²) in [4.78, 5) is 21.2. The number of unbranched alkanes of at least 4 members (excludes halogenated alkanes) is 5. The third-order valence-electron chi connectivity index (χ3n) is 9.08. The highest BCUT2D eigenvalue weighted by Gasteiger charge is 2.31. The minimum Gasteiger partial charge on any atom is -0.504 e. The van der Waals surface area contributed by atoms with E-state index in [0.717, 1.165) is 55.4 Å². The summed E-state index contributed by atoms with van der Waals surface area (Å²) in [6.45, 7) is 5.65. The van der Waals surface area contributed by atoms with Crippen molar-refractivity contribution in [3.8, 4) is 22.6 Å². The number of hydrogen-bond donors (Lipinski definition) is 2. The molecule has 0 aliphatic carbocycles. The number of carbonyl (C=O) groups excluding carboxylic acids is 1. The molecular weight excluding hydrogens is 615 g/mol. The third kappa shape index (κ3) is 8.79. The van der Waals surface area contributed by atoms with Crippen LogP contribution in [0.2, 0.25) is 0 Å². The first-order valence-corrected chi connectivity index (χ1v) is 17.3. The van der Waals surface area contributed by atoms with E-state index < -0.39 is 11.7 Å². The second-order valence-corrected chi connectivity index (χ2v) is 12.7. The molecule has 0 spiro atoms. The minimum atomic E-state index is -4.40. The van der Waals surface area contributed by atoms with Gasteiger partial charge in [0, 0.05) is 24.5 Å². The number of phenols is 1. The second kappa shape index (κ2) is 16.2. The number of carbonyl (C=O) groups is 1. The van der Waals surface area contributed by atoms with Crippen LogP contribution in [0.3, 0.4) is 0 Å². The molecule has 1 aliphatic rings. The van der Waals surface area contributed by atoms with Crippen molar-refractivity contribution in [2.24, 2.45) is 0 Å². The lowest BCUT2D eigenvalue weighted by Crippen LogP contribution is -2.35. The standard InChI is InChI=1S/C39H46F3N3O3/c1-3-5-6-7-8-9-11-31-12-10-21-45(31)38(47)33-25-37(43-26-27-13-17-30(18-14-27)39(40,41)42)44-34-19-15-28(23-32(33)34)29-16-20-35(46)36(24-29)48-22-4-2/h13-20,23-25,31,46H,3-12,21-22,26H2,1-2H3,(H,43,44)/t31-/m1/s1. The number of pyridine rings is 1. The zero-order valence-corrected chi connectivity index (χ0v) is 27.9. The molecule has 0 radical (unpaired) electrons. The Hall–Kier alpha value is -4.27. The largest absolute Gasteiger partial charge is 0.504 e. The molecule has 2 heterocycles. The Morgan fingerprint density at radius 1 is 0.938 bits per heavy atom. The van der Waals surface area contributed by atoms with Crippen LogP contribution in [-0.2, 0) is 12.7 Å². The zero-order chi connectivity index (χ0) is 34.1. The van der Waals surface area contributed by atoms with E-state index in [4.69, 9.17) is 9.72 Å². The van der Waals surface area contributed by atoms with Crippen molar-refractivity contribution >= 4 is 22.6 Å². The molecule has 1 saturated heterocycles. The Morgan fingerprint density at radius 2 is 1.67 bits per heavy atom. The summed E-state index contributed by atoms with van der Waals surface area (Å²) in [5.41, 5.74) is 2.83. The summed E-state index contributed by atoms with van der Waals surface area (Å²) < 4.78 is 45.0. The van der Waals surface area contributed by atoms with Crippen LogP contribution >= 0.6 is 0 Å². The number of aromatic nitrogens is 1. The molecule has 0 saturated carbocycles. The smallest absolute Gasteiger partial charge is 0.416 e. The average Bonchev–Trinajstić information content (AvgIpc) is 3.56. The van der Waals surface area contributed by atoms with E-state index in [1.54, 1.807) is 18.2 Å². The molecule has 4 aromatic rings. The number of alkyl halides is 3. The SMILES string of the molecule is CCCCCCCC[C@@H]1CCCN1C(=O)c1cc(NCc2ccc(C(F)(F)F)cc2)nc2ccc(-c3ccc(O)c(OCCC)c3)cc12. The lowest BCUT2D eigenvalue weighted by molar-refractivity contribution is -0.137. The molecule has 6 nitrogen and oxygen atoms in total. The number of phenolic OH excluding ortho intramolecular Hbond substituents is 1. The predicted molar refractivity (Wildman–Crippen MR) is 185 cm³/mol. The lowest BCUT2D eigenvalue weighted by Gasteiger charge is -2.26. The van der Waals surface area contributed by atoms with E-state index in [0.29, 0.717) is 46.7 Å². The van der Waals surface area contributed by atoms with Crippen molar-refractivity contribution in [3.63, 3.8) is 0 Å². The summed E-state index contributed by atoms with van der Waals surface area (Å²) in [6, 6.07) is 18.0. The molecule has 256 valence electrons. The quantitative estimate of drug-likeness (QED) is 0.124. The van der Waals surface area contributed by atoms with Crippen LogP contribution in [0.4, 0.5) is 19.0 Å². The maximum atomic E-state index is 14.4. The fraction of sp³-hybridized carbons (Fsp3) is 0.436. The minimum absolute atomic E-state index is 0.0386. The van der Waals surface area contributed by atoms with Crippen molar-refractivity contribution < 1.29 is 27.8 Å². The Bertz CT molecular complexity index is 1670. The third-order valence-corrected chi connectivity index (χ3v) is 9.08. The summed E-state index contributed by atoms with van der Waals surface area (Å²) in [5.74, 6) is 0.911. The number of nitrogens with zero attached hydrogens (tertiary/aromatic N) is 2. The Balaban J connectivity index is 1.44. The number of aromatic hydroxyl groups is 1. The number of amides is 1. The number of ether oxygens (including phenoxy) is 1. The van der Waals surface area contributed by atoms with Crippen molar-refractivity contribution in [1.29, 1.82) is 0 Å². The van der Waals surface area contributed by atoms with Crippen LogP contribution in [0.5, 0.6) is 11.5 Å². The molecular formula is C39H46F3N3O3. The maximum absolute atomic E-state index is 14.4. The molecule has 3 aromatic carbocycles. The highest BCUT2D eigenvalue weighted by Crippen LogP contribution is 2.35.